The third-order valence-corrected chi connectivity index (χ3v) is 3.66. The van der Waals surface area contributed by atoms with Crippen molar-refractivity contribution < 1.29 is 9.59 Å². The van der Waals surface area contributed by atoms with Crippen LogP contribution in [0.15, 0.2) is 36.5 Å². The van der Waals surface area contributed by atoms with Crippen LogP contribution in [0.5, 0.6) is 0 Å². The lowest BCUT2D eigenvalue weighted by atomic mass is 10.2. The van der Waals surface area contributed by atoms with E-state index in [4.69, 9.17) is 11.6 Å². The lowest BCUT2D eigenvalue weighted by molar-refractivity contribution is 0.0958. The highest BCUT2D eigenvalue weighted by Crippen LogP contribution is 2.30. The average molecular weight is 330 g/mol. The highest BCUT2D eigenvalue weighted by molar-refractivity contribution is 6.38. The van der Waals surface area contributed by atoms with E-state index in [0.717, 1.165) is 5.52 Å². The van der Waals surface area contributed by atoms with E-state index in [0.29, 0.717) is 16.1 Å². The Labute approximate surface area is 136 Å². The quantitative estimate of drug-likeness (QED) is 0.686. The van der Waals surface area contributed by atoms with Gasteiger partial charge in [-0.3, -0.25) is 14.7 Å². The van der Waals surface area contributed by atoms with Crippen molar-refractivity contribution in [3.05, 3.63) is 52.9 Å². The molecule has 0 fully saturated rings. The van der Waals surface area contributed by atoms with Gasteiger partial charge in [0.1, 0.15) is 11.4 Å². The molecule has 0 aliphatic carbocycles. The summed E-state index contributed by atoms with van der Waals surface area (Å²) in [7, 11) is 1.50. The first-order chi connectivity index (χ1) is 11.1. The van der Waals surface area contributed by atoms with Gasteiger partial charge < -0.3 is 10.6 Å². The van der Waals surface area contributed by atoms with E-state index in [-0.39, 0.29) is 17.3 Å². The highest BCUT2D eigenvalue weighted by atomic mass is 35.5. The molecule has 0 bridgehead atoms. The van der Waals surface area contributed by atoms with E-state index < -0.39 is 5.91 Å². The first-order valence-corrected chi connectivity index (χ1v) is 7.10. The van der Waals surface area contributed by atoms with Crippen molar-refractivity contribution >= 4 is 40.0 Å². The lowest BCUT2D eigenvalue weighted by Gasteiger charge is -2.08. The number of H-pyrrole nitrogens is 1. The summed E-state index contributed by atoms with van der Waals surface area (Å²) in [6.45, 7) is 0. The summed E-state index contributed by atoms with van der Waals surface area (Å²) < 4.78 is 0. The van der Waals surface area contributed by atoms with Gasteiger partial charge in [0.15, 0.2) is 0 Å². The summed E-state index contributed by atoms with van der Waals surface area (Å²) in [5.74, 6) is -0.821. The van der Waals surface area contributed by atoms with Gasteiger partial charge in [-0.1, -0.05) is 17.7 Å². The summed E-state index contributed by atoms with van der Waals surface area (Å²) in [5.41, 5.74) is 1.50. The molecule has 3 aromatic rings. The number of hydrogen-bond acceptors (Lipinski definition) is 4. The molecule has 8 heteroatoms. The largest absolute Gasteiger partial charge is 0.354 e. The first-order valence-electron chi connectivity index (χ1n) is 6.72. The van der Waals surface area contributed by atoms with Crippen molar-refractivity contribution in [1.29, 1.82) is 0 Å². The fraction of sp³-hybridized carbons (Fsp3) is 0.0667. The summed E-state index contributed by atoms with van der Waals surface area (Å²) in [4.78, 5) is 27.9. The van der Waals surface area contributed by atoms with E-state index >= 15 is 0 Å². The molecule has 116 valence electrons. The molecule has 0 radical (unpaired) electrons. The normalized spacial score (nSPS) is 10.5. The van der Waals surface area contributed by atoms with Crippen LogP contribution in [0.4, 0.5) is 5.69 Å². The highest BCUT2D eigenvalue weighted by Gasteiger charge is 2.14. The number of pyridine rings is 1. The number of aromatic amines is 1. The molecular formula is C15H12ClN5O2. The molecule has 0 atom stereocenters. The molecule has 0 aliphatic rings. The Balaban J connectivity index is 1.88. The SMILES string of the molecule is CNC(=O)c1cccc(C(=O)Nc2ccc3[nH]ncc3c2Cl)n1. The standard InChI is InChI=1S/C15H12ClN5O2/c1-17-14(22)11-3-2-4-12(19-11)15(23)20-10-6-5-9-8(13(10)16)7-18-21-9/h2-7H,1H3,(H,17,22)(H,18,21)(H,20,23). The Morgan fingerprint density at radius 2 is 1.87 bits per heavy atom. The minimum absolute atomic E-state index is 0.120. The number of nitrogens with one attached hydrogen (secondary N) is 3. The summed E-state index contributed by atoms with van der Waals surface area (Å²) in [6, 6.07) is 8.07. The van der Waals surface area contributed by atoms with Gasteiger partial charge >= 0.3 is 0 Å². The molecule has 3 rings (SSSR count). The molecular weight excluding hydrogens is 318 g/mol. The third kappa shape index (κ3) is 2.86. The van der Waals surface area contributed by atoms with Crippen molar-refractivity contribution in [2.24, 2.45) is 0 Å². The minimum atomic E-state index is -0.458. The van der Waals surface area contributed by atoms with Crippen molar-refractivity contribution in [2.45, 2.75) is 0 Å². The van der Waals surface area contributed by atoms with Crippen molar-refractivity contribution in [3.8, 4) is 0 Å². The maximum absolute atomic E-state index is 12.3. The number of nitrogens with zero attached hydrogens (tertiary/aromatic N) is 2. The van der Waals surface area contributed by atoms with Crippen LogP contribution < -0.4 is 10.6 Å². The molecule has 2 heterocycles. The Morgan fingerprint density at radius 3 is 2.61 bits per heavy atom. The number of hydrogen-bond donors (Lipinski definition) is 3. The van der Waals surface area contributed by atoms with E-state index in [2.05, 4.69) is 25.8 Å². The van der Waals surface area contributed by atoms with Crippen LogP contribution in [0.1, 0.15) is 21.0 Å². The molecule has 3 N–H and O–H groups in total. The zero-order chi connectivity index (χ0) is 16.4. The third-order valence-electron chi connectivity index (χ3n) is 3.25. The second-order valence-corrected chi connectivity index (χ2v) is 5.08. The molecule has 2 amide bonds. The van der Waals surface area contributed by atoms with Crippen molar-refractivity contribution in [3.63, 3.8) is 0 Å². The monoisotopic (exact) mass is 329 g/mol. The van der Waals surface area contributed by atoms with E-state index in [9.17, 15) is 9.59 Å². The zero-order valence-electron chi connectivity index (χ0n) is 12.1. The Morgan fingerprint density at radius 1 is 1.13 bits per heavy atom. The van der Waals surface area contributed by atoms with Crippen LogP contribution in [0.2, 0.25) is 5.02 Å². The van der Waals surface area contributed by atoms with Crippen LogP contribution in [0.25, 0.3) is 10.9 Å². The van der Waals surface area contributed by atoms with Crippen LogP contribution >= 0.6 is 11.6 Å². The number of fused-ring (bicyclic) bond motifs is 1. The zero-order valence-corrected chi connectivity index (χ0v) is 12.8. The van der Waals surface area contributed by atoms with Gasteiger partial charge in [-0.2, -0.15) is 5.10 Å². The fourth-order valence-corrected chi connectivity index (χ4v) is 2.34. The second kappa shape index (κ2) is 6.05. The number of amides is 2. The topological polar surface area (TPSA) is 99.8 Å². The predicted molar refractivity (Wildman–Crippen MR) is 86.7 cm³/mol. The van der Waals surface area contributed by atoms with Gasteiger partial charge in [0.05, 0.1) is 22.4 Å². The molecule has 0 aliphatic heterocycles. The predicted octanol–water partition coefficient (Wildman–Crippen LogP) is 2.22. The van der Waals surface area contributed by atoms with Gasteiger partial charge in [-0.15, -0.1) is 0 Å². The fourth-order valence-electron chi connectivity index (χ4n) is 2.08. The summed E-state index contributed by atoms with van der Waals surface area (Å²) >= 11 is 6.26. The van der Waals surface area contributed by atoms with Crippen molar-refractivity contribution in [1.82, 2.24) is 20.5 Å². The molecule has 1 aromatic carbocycles. The maximum atomic E-state index is 12.3. The van der Waals surface area contributed by atoms with Gasteiger partial charge in [0, 0.05) is 12.4 Å². The Bertz CT molecular complexity index is 906. The second-order valence-electron chi connectivity index (χ2n) is 4.70. The molecule has 23 heavy (non-hydrogen) atoms. The average Bonchev–Trinajstić information content (AvgIpc) is 3.06. The first kappa shape index (κ1) is 15.0. The van der Waals surface area contributed by atoms with E-state index in [1.54, 1.807) is 24.4 Å². The molecule has 0 saturated carbocycles. The van der Waals surface area contributed by atoms with Crippen LogP contribution in [0.3, 0.4) is 0 Å². The van der Waals surface area contributed by atoms with Crippen LogP contribution in [-0.2, 0) is 0 Å². The van der Waals surface area contributed by atoms with Crippen LogP contribution in [-0.4, -0.2) is 34.0 Å². The maximum Gasteiger partial charge on any atom is 0.274 e. The smallest absolute Gasteiger partial charge is 0.274 e. The number of carbonyl (C=O) groups is 2. The molecule has 2 aromatic heterocycles. The van der Waals surface area contributed by atoms with Gasteiger partial charge in [0.25, 0.3) is 11.8 Å². The van der Waals surface area contributed by atoms with Gasteiger partial charge in [-0.25, -0.2) is 4.98 Å². The van der Waals surface area contributed by atoms with Gasteiger partial charge in [-0.05, 0) is 24.3 Å². The molecule has 0 saturated heterocycles. The van der Waals surface area contributed by atoms with Crippen molar-refractivity contribution in [2.75, 3.05) is 12.4 Å². The number of aromatic nitrogens is 3. The molecule has 7 nitrogen and oxygen atoms in total. The molecule has 0 spiro atoms. The number of rotatable bonds is 3. The number of anilines is 1. The molecule has 0 unspecified atom stereocenters. The number of halogens is 1. The summed E-state index contributed by atoms with van der Waals surface area (Å²) in [6.07, 6.45) is 1.58. The van der Waals surface area contributed by atoms with E-state index in [1.807, 2.05) is 0 Å². The number of carbonyl (C=O) groups excluding carboxylic acids is 2. The minimum Gasteiger partial charge on any atom is -0.354 e. The van der Waals surface area contributed by atoms with Gasteiger partial charge in [0.2, 0.25) is 0 Å². The lowest BCUT2D eigenvalue weighted by Crippen LogP contribution is -2.21. The number of benzene rings is 1. The summed E-state index contributed by atoms with van der Waals surface area (Å²) in [5, 5.41) is 12.9. The Kier molecular flexibility index (Phi) is 3.94. The Hall–Kier alpha value is -2.93. The van der Waals surface area contributed by atoms with E-state index in [1.165, 1.54) is 19.2 Å². The van der Waals surface area contributed by atoms with Crippen LogP contribution in [0, 0.1) is 0 Å².